The number of nitrogens with one attached hydrogen (secondary N) is 1. The molecule has 0 unspecified atom stereocenters. The van der Waals surface area contributed by atoms with Crippen molar-refractivity contribution in [3.05, 3.63) is 51.1 Å². The summed E-state index contributed by atoms with van der Waals surface area (Å²) in [5.41, 5.74) is 1.05. The highest BCUT2D eigenvalue weighted by Crippen LogP contribution is 2.31. The number of benzene rings is 1. The van der Waals surface area contributed by atoms with E-state index in [4.69, 9.17) is 11.6 Å². The van der Waals surface area contributed by atoms with Gasteiger partial charge >= 0.3 is 0 Å². The van der Waals surface area contributed by atoms with Crippen molar-refractivity contribution in [3.63, 3.8) is 0 Å². The summed E-state index contributed by atoms with van der Waals surface area (Å²) in [6, 6.07) is 4.47. The van der Waals surface area contributed by atoms with Gasteiger partial charge in [0.05, 0.1) is 16.7 Å². The highest BCUT2D eigenvalue weighted by Gasteiger charge is 2.12. The summed E-state index contributed by atoms with van der Waals surface area (Å²) in [6.45, 7) is 0. The third kappa shape index (κ3) is 1.72. The number of thiophene rings is 1. The second-order valence-electron chi connectivity index (χ2n) is 3.69. The Morgan fingerprint density at radius 3 is 3.00 bits per heavy atom. The molecule has 0 aliphatic carbocycles. The van der Waals surface area contributed by atoms with Crippen LogP contribution >= 0.6 is 22.9 Å². The van der Waals surface area contributed by atoms with Gasteiger partial charge in [-0.15, -0.1) is 11.3 Å². The van der Waals surface area contributed by atoms with Gasteiger partial charge < -0.3 is 4.98 Å². The number of nitrogens with zero attached hydrogens (tertiary/aromatic N) is 1. The summed E-state index contributed by atoms with van der Waals surface area (Å²) in [6.07, 6.45) is 1.35. The smallest absolute Gasteiger partial charge is 0.260 e. The number of fused-ring (bicyclic) bond motifs is 1. The monoisotopic (exact) mass is 280 g/mol. The normalized spacial score (nSPS) is 11.0. The molecule has 0 spiro atoms. The van der Waals surface area contributed by atoms with E-state index in [2.05, 4.69) is 9.97 Å². The quantitative estimate of drug-likeness (QED) is 0.742. The SMILES string of the molecule is O=c1[nH]cnc2scc(-c3ccc(Cl)c(F)c3)c12. The van der Waals surface area contributed by atoms with Crippen molar-refractivity contribution in [3.8, 4) is 11.1 Å². The Balaban J connectivity index is 2.32. The highest BCUT2D eigenvalue weighted by molar-refractivity contribution is 7.17. The van der Waals surface area contributed by atoms with Crippen molar-refractivity contribution in [1.82, 2.24) is 9.97 Å². The van der Waals surface area contributed by atoms with Crippen molar-refractivity contribution in [1.29, 1.82) is 0 Å². The predicted octanol–water partition coefficient (Wildman–Crippen LogP) is 3.44. The largest absolute Gasteiger partial charge is 0.313 e. The maximum Gasteiger partial charge on any atom is 0.260 e. The Morgan fingerprint density at radius 1 is 1.39 bits per heavy atom. The molecular weight excluding hydrogens is 275 g/mol. The van der Waals surface area contributed by atoms with Crippen LogP contribution in [0.5, 0.6) is 0 Å². The molecule has 2 aromatic heterocycles. The summed E-state index contributed by atoms with van der Waals surface area (Å²) in [5.74, 6) is -0.506. The summed E-state index contributed by atoms with van der Waals surface area (Å²) in [5, 5.41) is 2.32. The molecule has 0 aliphatic rings. The molecule has 0 fully saturated rings. The van der Waals surface area contributed by atoms with E-state index < -0.39 is 5.82 Å². The number of aromatic nitrogens is 2. The zero-order chi connectivity index (χ0) is 12.7. The number of H-pyrrole nitrogens is 1. The van der Waals surface area contributed by atoms with Gasteiger partial charge in [0.25, 0.3) is 5.56 Å². The van der Waals surface area contributed by atoms with Crippen LogP contribution in [0.4, 0.5) is 4.39 Å². The van der Waals surface area contributed by atoms with E-state index in [-0.39, 0.29) is 10.6 Å². The van der Waals surface area contributed by atoms with Crippen molar-refractivity contribution >= 4 is 33.2 Å². The van der Waals surface area contributed by atoms with Gasteiger partial charge in [-0.1, -0.05) is 17.7 Å². The average molecular weight is 281 g/mol. The van der Waals surface area contributed by atoms with Crippen LogP contribution in [0.2, 0.25) is 5.02 Å². The fourth-order valence-electron chi connectivity index (χ4n) is 1.76. The summed E-state index contributed by atoms with van der Waals surface area (Å²) >= 11 is 6.99. The molecule has 0 saturated carbocycles. The minimum Gasteiger partial charge on any atom is -0.313 e. The summed E-state index contributed by atoms with van der Waals surface area (Å²) in [4.78, 5) is 19.0. The van der Waals surface area contributed by atoms with Crippen LogP contribution in [0.3, 0.4) is 0 Å². The molecule has 0 amide bonds. The maximum absolute atomic E-state index is 13.4. The second-order valence-corrected chi connectivity index (χ2v) is 4.96. The minimum absolute atomic E-state index is 0.0605. The van der Waals surface area contributed by atoms with Gasteiger partial charge in [-0.25, -0.2) is 9.37 Å². The van der Waals surface area contributed by atoms with Crippen LogP contribution in [0.1, 0.15) is 0 Å². The van der Waals surface area contributed by atoms with Gasteiger partial charge in [-0.3, -0.25) is 4.79 Å². The molecule has 2 heterocycles. The fraction of sp³-hybridized carbons (Fsp3) is 0. The lowest BCUT2D eigenvalue weighted by Gasteiger charge is -2.00. The molecule has 90 valence electrons. The Kier molecular flexibility index (Phi) is 2.65. The lowest BCUT2D eigenvalue weighted by atomic mass is 10.1. The summed E-state index contributed by atoms with van der Waals surface area (Å²) < 4.78 is 13.4. The van der Waals surface area contributed by atoms with Crippen molar-refractivity contribution in [2.24, 2.45) is 0 Å². The average Bonchev–Trinajstić information content (AvgIpc) is 2.78. The number of aromatic amines is 1. The molecule has 0 saturated heterocycles. The van der Waals surface area contributed by atoms with Crippen LogP contribution < -0.4 is 5.56 Å². The standard InChI is InChI=1S/C12H6ClFN2OS/c13-8-2-1-6(3-9(8)14)7-4-18-12-10(7)11(17)15-5-16-12/h1-5H,(H,15,16,17). The van der Waals surface area contributed by atoms with Crippen LogP contribution in [0.15, 0.2) is 34.7 Å². The number of rotatable bonds is 1. The third-order valence-corrected chi connectivity index (χ3v) is 3.80. The molecule has 0 aliphatic heterocycles. The molecular formula is C12H6ClFN2OS. The van der Waals surface area contributed by atoms with E-state index in [9.17, 15) is 9.18 Å². The van der Waals surface area contributed by atoms with E-state index in [0.717, 1.165) is 0 Å². The molecule has 0 atom stereocenters. The second kappa shape index (κ2) is 4.19. The maximum atomic E-state index is 13.4. The first kappa shape index (κ1) is 11.4. The van der Waals surface area contributed by atoms with Crippen molar-refractivity contribution in [2.45, 2.75) is 0 Å². The first-order chi connectivity index (χ1) is 8.66. The van der Waals surface area contributed by atoms with Crippen molar-refractivity contribution in [2.75, 3.05) is 0 Å². The fourth-order valence-corrected chi connectivity index (χ4v) is 2.79. The van der Waals surface area contributed by atoms with Gasteiger partial charge in [-0.05, 0) is 17.7 Å². The van der Waals surface area contributed by atoms with Crippen molar-refractivity contribution < 1.29 is 4.39 Å². The Morgan fingerprint density at radius 2 is 2.22 bits per heavy atom. The van der Waals surface area contributed by atoms with E-state index in [1.807, 2.05) is 0 Å². The van der Waals surface area contributed by atoms with Gasteiger partial charge in [0.15, 0.2) is 0 Å². The molecule has 18 heavy (non-hydrogen) atoms. The lowest BCUT2D eigenvalue weighted by Crippen LogP contribution is -2.05. The van der Waals surface area contributed by atoms with E-state index in [0.29, 0.717) is 21.3 Å². The van der Waals surface area contributed by atoms with Crippen LogP contribution in [0.25, 0.3) is 21.3 Å². The molecule has 3 nitrogen and oxygen atoms in total. The third-order valence-electron chi connectivity index (χ3n) is 2.61. The van der Waals surface area contributed by atoms with Gasteiger partial charge in [0, 0.05) is 10.9 Å². The van der Waals surface area contributed by atoms with Crippen LogP contribution in [-0.2, 0) is 0 Å². The molecule has 0 bridgehead atoms. The minimum atomic E-state index is -0.506. The molecule has 1 aromatic carbocycles. The van der Waals surface area contributed by atoms with Crippen LogP contribution in [-0.4, -0.2) is 9.97 Å². The zero-order valence-corrected chi connectivity index (χ0v) is 10.5. The van der Waals surface area contributed by atoms with E-state index >= 15 is 0 Å². The molecule has 6 heteroatoms. The lowest BCUT2D eigenvalue weighted by molar-refractivity contribution is 0.629. The first-order valence-corrected chi connectivity index (χ1v) is 6.33. The van der Waals surface area contributed by atoms with Gasteiger partial charge in [0.1, 0.15) is 10.6 Å². The molecule has 3 rings (SSSR count). The first-order valence-electron chi connectivity index (χ1n) is 5.07. The van der Waals surface area contributed by atoms with Gasteiger partial charge in [0.2, 0.25) is 0 Å². The number of hydrogen-bond donors (Lipinski definition) is 1. The molecule has 0 radical (unpaired) electrons. The summed E-state index contributed by atoms with van der Waals surface area (Å²) in [7, 11) is 0. The highest BCUT2D eigenvalue weighted by atomic mass is 35.5. The van der Waals surface area contributed by atoms with Gasteiger partial charge in [-0.2, -0.15) is 0 Å². The number of hydrogen-bond acceptors (Lipinski definition) is 3. The topological polar surface area (TPSA) is 45.8 Å². The molecule has 1 N–H and O–H groups in total. The Hall–Kier alpha value is -1.72. The zero-order valence-electron chi connectivity index (χ0n) is 8.91. The Bertz CT molecular complexity index is 796. The van der Waals surface area contributed by atoms with E-state index in [1.54, 1.807) is 11.4 Å². The van der Waals surface area contributed by atoms with Crippen LogP contribution in [0, 0.1) is 5.82 Å². The van der Waals surface area contributed by atoms with E-state index in [1.165, 1.54) is 29.8 Å². The predicted molar refractivity (Wildman–Crippen MR) is 70.6 cm³/mol. The molecule has 3 aromatic rings. The Labute approximate surface area is 110 Å². The number of halogens is 2.